The maximum atomic E-state index is 12.3. The molecule has 0 aromatic carbocycles. The summed E-state index contributed by atoms with van der Waals surface area (Å²) in [4.78, 5) is 61.0. The smallest absolute Gasteiger partial charge is 0.320 e. The van der Waals surface area contributed by atoms with E-state index in [2.05, 4.69) is 6.92 Å². The second kappa shape index (κ2) is 17.9. The van der Waals surface area contributed by atoms with Crippen LogP contribution in [0.5, 0.6) is 0 Å². The van der Waals surface area contributed by atoms with Gasteiger partial charge in [0, 0.05) is 6.42 Å². The standard InChI is InChI=1S/C24H40N2O8/c1-3-5-6-7-8-9-14-32-23(30)15-25(12-13-27)16-24(31)34-18-21-11-10-20(26(21)19-28)17-33-22(29)4-2/h13,19-21H,3-12,14-18H2,1-2H3. The molecule has 0 saturated carbocycles. The van der Waals surface area contributed by atoms with E-state index in [1.54, 1.807) is 6.92 Å². The number of hydrogen-bond acceptors (Lipinski definition) is 9. The molecule has 0 N–H and O–H groups in total. The maximum absolute atomic E-state index is 12.3. The quantitative estimate of drug-likeness (QED) is 0.117. The summed E-state index contributed by atoms with van der Waals surface area (Å²) in [5.74, 6) is -1.42. The molecule has 0 aromatic heterocycles. The SMILES string of the molecule is CCCCCCCCOC(=O)CN(CC=O)CC(=O)OCC1CCC(COC(=O)CC)N1C=O. The molecular formula is C24H40N2O8. The molecule has 0 aliphatic carbocycles. The molecule has 10 heteroatoms. The lowest BCUT2D eigenvalue weighted by molar-refractivity contribution is -0.150. The normalized spacial score (nSPS) is 17.4. The van der Waals surface area contributed by atoms with E-state index >= 15 is 0 Å². The summed E-state index contributed by atoms with van der Waals surface area (Å²) >= 11 is 0. The molecule has 1 amide bonds. The largest absolute Gasteiger partial charge is 0.465 e. The van der Waals surface area contributed by atoms with Crippen LogP contribution in [0, 0.1) is 0 Å². The number of esters is 3. The summed E-state index contributed by atoms with van der Waals surface area (Å²) in [6.07, 6.45) is 9.27. The Morgan fingerprint density at radius 2 is 1.38 bits per heavy atom. The summed E-state index contributed by atoms with van der Waals surface area (Å²) in [6, 6.07) is -0.557. The summed E-state index contributed by atoms with van der Waals surface area (Å²) in [7, 11) is 0. The first-order valence-corrected chi connectivity index (χ1v) is 12.3. The van der Waals surface area contributed by atoms with Crippen molar-refractivity contribution < 1.29 is 38.2 Å². The molecule has 1 heterocycles. The molecule has 0 spiro atoms. The van der Waals surface area contributed by atoms with Crippen LogP contribution in [0.3, 0.4) is 0 Å². The van der Waals surface area contributed by atoms with Crippen LogP contribution in [0.4, 0.5) is 0 Å². The van der Waals surface area contributed by atoms with Crippen LogP contribution in [0.1, 0.15) is 71.6 Å². The van der Waals surface area contributed by atoms with Crippen molar-refractivity contribution in [2.75, 3.05) is 39.5 Å². The van der Waals surface area contributed by atoms with Gasteiger partial charge in [0.15, 0.2) is 0 Å². The number of rotatable bonds is 19. The Morgan fingerprint density at radius 1 is 0.824 bits per heavy atom. The molecule has 2 unspecified atom stereocenters. The van der Waals surface area contributed by atoms with Crippen LogP contribution < -0.4 is 0 Å². The molecule has 194 valence electrons. The summed E-state index contributed by atoms with van der Waals surface area (Å²) in [5.41, 5.74) is 0. The molecular weight excluding hydrogens is 444 g/mol. The number of aldehydes is 1. The summed E-state index contributed by atoms with van der Waals surface area (Å²) in [5, 5.41) is 0. The zero-order chi connectivity index (χ0) is 25.2. The molecule has 1 fully saturated rings. The zero-order valence-corrected chi connectivity index (χ0v) is 20.6. The second-order valence-electron chi connectivity index (χ2n) is 8.48. The minimum atomic E-state index is -0.600. The highest BCUT2D eigenvalue weighted by atomic mass is 16.5. The number of unbranched alkanes of at least 4 members (excludes halogenated alkanes) is 5. The number of nitrogens with zero attached hydrogens (tertiary/aromatic N) is 2. The third-order valence-electron chi connectivity index (χ3n) is 5.76. The Bertz CT molecular complexity index is 642. The highest BCUT2D eigenvalue weighted by Gasteiger charge is 2.34. The van der Waals surface area contributed by atoms with Crippen LogP contribution >= 0.6 is 0 Å². The Kier molecular flexibility index (Phi) is 15.6. The summed E-state index contributed by atoms with van der Waals surface area (Å²) in [6.45, 7) is 3.76. The van der Waals surface area contributed by atoms with E-state index in [0.29, 0.717) is 32.1 Å². The van der Waals surface area contributed by atoms with Gasteiger partial charge < -0.3 is 23.9 Å². The van der Waals surface area contributed by atoms with Crippen molar-refractivity contribution in [2.45, 2.75) is 83.7 Å². The fraction of sp³-hybridized carbons (Fsp3) is 0.792. The van der Waals surface area contributed by atoms with E-state index in [-0.39, 0.29) is 57.3 Å². The molecule has 2 atom stereocenters. The lowest BCUT2D eigenvalue weighted by atomic mass is 10.1. The molecule has 10 nitrogen and oxygen atoms in total. The van der Waals surface area contributed by atoms with Gasteiger partial charge in [0.25, 0.3) is 0 Å². The average molecular weight is 485 g/mol. The molecule has 1 aliphatic rings. The van der Waals surface area contributed by atoms with E-state index in [9.17, 15) is 24.0 Å². The fourth-order valence-electron chi connectivity index (χ4n) is 3.79. The minimum Gasteiger partial charge on any atom is -0.465 e. The lowest BCUT2D eigenvalue weighted by Gasteiger charge is -2.26. The lowest BCUT2D eigenvalue weighted by Crippen LogP contribution is -2.42. The fourth-order valence-corrected chi connectivity index (χ4v) is 3.79. The number of amides is 1. The van der Waals surface area contributed by atoms with E-state index < -0.39 is 11.9 Å². The van der Waals surface area contributed by atoms with Crippen LogP contribution in [0.15, 0.2) is 0 Å². The van der Waals surface area contributed by atoms with Gasteiger partial charge in [-0.2, -0.15) is 0 Å². The van der Waals surface area contributed by atoms with Crippen molar-refractivity contribution in [1.82, 2.24) is 9.80 Å². The number of likely N-dealkylation sites (tertiary alicyclic amines) is 1. The predicted molar refractivity (Wildman–Crippen MR) is 124 cm³/mol. The van der Waals surface area contributed by atoms with Crippen LogP contribution in [0.25, 0.3) is 0 Å². The van der Waals surface area contributed by atoms with E-state index in [0.717, 1.165) is 19.3 Å². The Morgan fingerprint density at radius 3 is 1.94 bits per heavy atom. The summed E-state index contributed by atoms with van der Waals surface area (Å²) < 4.78 is 15.6. The van der Waals surface area contributed by atoms with Gasteiger partial charge in [-0.15, -0.1) is 0 Å². The van der Waals surface area contributed by atoms with E-state index in [4.69, 9.17) is 14.2 Å². The monoisotopic (exact) mass is 484 g/mol. The number of carbonyl (C=O) groups excluding carboxylic acids is 5. The van der Waals surface area contributed by atoms with Crippen molar-refractivity contribution >= 4 is 30.6 Å². The molecule has 0 aromatic rings. The minimum absolute atomic E-state index is 0.00674. The third kappa shape index (κ3) is 12.1. The van der Waals surface area contributed by atoms with Gasteiger partial charge in [-0.05, 0) is 19.3 Å². The van der Waals surface area contributed by atoms with E-state index in [1.165, 1.54) is 29.1 Å². The molecule has 1 saturated heterocycles. The Balaban J connectivity index is 2.35. The number of hydrogen-bond donors (Lipinski definition) is 0. The third-order valence-corrected chi connectivity index (χ3v) is 5.76. The molecule has 34 heavy (non-hydrogen) atoms. The van der Waals surface area contributed by atoms with Gasteiger partial charge in [-0.1, -0.05) is 46.0 Å². The van der Waals surface area contributed by atoms with Crippen LogP contribution in [0.2, 0.25) is 0 Å². The maximum Gasteiger partial charge on any atom is 0.320 e. The van der Waals surface area contributed by atoms with Crippen molar-refractivity contribution in [3.8, 4) is 0 Å². The van der Waals surface area contributed by atoms with Crippen molar-refractivity contribution in [3.05, 3.63) is 0 Å². The Hall–Kier alpha value is -2.49. The topological polar surface area (TPSA) is 120 Å². The van der Waals surface area contributed by atoms with Gasteiger partial charge in [0.1, 0.15) is 19.5 Å². The first-order valence-electron chi connectivity index (χ1n) is 12.3. The van der Waals surface area contributed by atoms with Crippen molar-refractivity contribution in [1.29, 1.82) is 0 Å². The van der Waals surface area contributed by atoms with Gasteiger partial charge in [-0.25, -0.2) is 0 Å². The van der Waals surface area contributed by atoms with E-state index in [1.807, 2.05) is 0 Å². The number of ether oxygens (including phenoxy) is 3. The average Bonchev–Trinajstić information content (AvgIpc) is 3.22. The predicted octanol–water partition coefficient (Wildman–Crippen LogP) is 1.88. The highest BCUT2D eigenvalue weighted by Crippen LogP contribution is 2.23. The van der Waals surface area contributed by atoms with Crippen LogP contribution in [-0.2, 0) is 38.2 Å². The molecule has 0 radical (unpaired) electrons. The van der Waals surface area contributed by atoms with Gasteiger partial charge in [0.05, 0.1) is 38.3 Å². The Labute approximate surface area is 202 Å². The highest BCUT2D eigenvalue weighted by molar-refractivity contribution is 5.76. The first-order chi connectivity index (χ1) is 16.4. The second-order valence-corrected chi connectivity index (χ2v) is 8.48. The molecule has 1 aliphatic heterocycles. The van der Waals surface area contributed by atoms with Crippen molar-refractivity contribution in [2.24, 2.45) is 0 Å². The van der Waals surface area contributed by atoms with Gasteiger partial charge in [0.2, 0.25) is 6.41 Å². The van der Waals surface area contributed by atoms with Crippen molar-refractivity contribution in [3.63, 3.8) is 0 Å². The zero-order valence-electron chi connectivity index (χ0n) is 20.6. The van der Waals surface area contributed by atoms with Gasteiger partial charge >= 0.3 is 17.9 Å². The number of carbonyl (C=O) groups is 5. The van der Waals surface area contributed by atoms with Crippen LogP contribution in [-0.4, -0.2) is 91.9 Å². The van der Waals surface area contributed by atoms with Gasteiger partial charge in [-0.3, -0.25) is 24.1 Å². The molecule has 0 bridgehead atoms. The molecule has 1 rings (SSSR count). The first kappa shape index (κ1) is 29.5.